The quantitative estimate of drug-likeness (QED) is 0.667. The maximum atomic E-state index is 10.5. The molecular formula is C11H16N2O2. The maximum absolute atomic E-state index is 10.5. The van der Waals surface area contributed by atoms with Crippen molar-refractivity contribution in [3.05, 3.63) is 35.9 Å². The Kier molecular flexibility index (Phi) is 4.27. The van der Waals surface area contributed by atoms with E-state index in [4.69, 9.17) is 10.8 Å². The first-order chi connectivity index (χ1) is 7.11. The fraction of sp³-hybridized carbons (Fsp3) is 0.364. The minimum absolute atomic E-state index is 0.108. The Morgan fingerprint density at radius 2 is 2.07 bits per heavy atom. The Morgan fingerprint density at radius 1 is 1.47 bits per heavy atom. The molecule has 1 rings (SSSR count). The molecule has 0 bridgehead atoms. The van der Waals surface area contributed by atoms with E-state index in [2.05, 4.69) is 5.32 Å². The highest BCUT2D eigenvalue weighted by molar-refractivity contribution is 5.73. The number of nitrogens with two attached hydrogens (primary N) is 1. The highest BCUT2D eigenvalue weighted by atomic mass is 16.4. The molecule has 0 saturated heterocycles. The van der Waals surface area contributed by atoms with Crippen LogP contribution in [0.2, 0.25) is 0 Å². The average molecular weight is 208 g/mol. The number of hydrogen-bond donors (Lipinski definition) is 3. The number of nitrogens with one attached hydrogen (secondary N) is 1. The minimum Gasteiger partial charge on any atom is -0.480 e. The van der Waals surface area contributed by atoms with E-state index in [9.17, 15) is 4.79 Å². The summed E-state index contributed by atoms with van der Waals surface area (Å²) in [4.78, 5) is 10.5. The first-order valence-corrected chi connectivity index (χ1v) is 4.88. The van der Waals surface area contributed by atoms with Crippen molar-refractivity contribution < 1.29 is 9.90 Å². The summed E-state index contributed by atoms with van der Waals surface area (Å²) >= 11 is 0. The van der Waals surface area contributed by atoms with Gasteiger partial charge in [-0.05, 0) is 12.5 Å². The Morgan fingerprint density at radius 3 is 2.60 bits per heavy atom. The van der Waals surface area contributed by atoms with Gasteiger partial charge in [0.05, 0.1) is 0 Å². The lowest BCUT2D eigenvalue weighted by Gasteiger charge is -2.15. The van der Waals surface area contributed by atoms with Gasteiger partial charge < -0.3 is 16.2 Å². The third-order valence-corrected chi connectivity index (χ3v) is 2.26. The smallest absolute Gasteiger partial charge is 0.321 e. The zero-order chi connectivity index (χ0) is 11.3. The SMILES string of the molecule is CC(NCC(N)C(=O)O)c1ccccc1. The Bertz CT molecular complexity index is 314. The second-order valence-corrected chi connectivity index (χ2v) is 3.49. The molecule has 2 unspecified atom stereocenters. The average Bonchev–Trinajstić information content (AvgIpc) is 2.26. The van der Waals surface area contributed by atoms with E-state index in [-0.39, 0.29) is 12.6 Å². The molecule has 0 aliphatic heterocycles. The molecule has 0 aromatic heterocycles. The summed E-state index contributed by atoms with van der Waals surface area (Å²) in [7, 11) is 0. The van der Waals surface area contributed by atoms with Crippen LogP contribution in [-0.2, 0) is 4.79 Å². The van der Waals surface area contributed by atoms with Crippen molar-refractivity contribution in [2.24, 2.45) is 5.73 Å². The van der Waals surface area contributed by atoms with Crippen LogP contribution in [0.4, 0.5) is 0 Å². The lowest BCUT2D eigenvalue weighted by atomic mass is 10.1. The van der Waals surface area contributed by atoms with Gasteiger partial charge in [0.1, 0.15) is 6.04 Å². The van der Waals surface area contributed by atoms with Crippen molar-refractivity contribution in [2.45, 2.75) is 19.0 Å². The van der Waals surface area contributed by atoms with Gasteiger partial charge in [-0.1, -0.05) is 30.3 Å². The molecule has 0 fully saturated rings. The topological polar surface area (TPSA) is 75.3 Å². The molecule has 0 aliphatic rings. The van der Waals surface area contributed by atoms with E-state index in [1.807, 2.05) is 37.3 Å². The summed E-state index contributed by atoms with van der Waals surface area (Å²) in [6, 6.07) is 9.08. The van der Waals surface area contributed by atoms with E-state index < -0.39 is 12.0 Å². The predicted molar refractivity (Wildman–Crippen MR) is 58.5 cm³/mol. The van der Waals surface area contributed by atoms with Crippen molar-refractivity contribution in [3.8, 4) is 0 Å². The van der Waals surface area contributed by atoms with Gasteiger partial charge in [-0.3, -0.25) is 4.79 Å². The number of carbonyl (C=O) groups is 1. The van der Waals surface area contributed by atoms with Crippen LogP contribution in [0.1, 0.15) is 18.5 Å². The summed E-state index contributed by atoms with van der Waals surface area (Å²) in [6.45, 7) is 2.25. The van der Waals surface area contributed by atoms with Crippen molar-refractivity contribution in [2.75, 3.05) is 6.54 Å². The molecular weight excluding hydrogens is 192 g/mol. The zero-order valence-electron chi connectivity index (χ0n) is 8.68. The Hall–Kier alpha value is -1.39. The van der Waals surface area contributed by atoms with Gasteiger partial charge >= 0.3 is 5.97 Å². The predicted octanol–water partition coefficient (Wildman–Crippen LogP) is 0.749. The number of carboxylic acids is 1. The first-order valence-electron chi connectivity index (χ1n) is 4.88. The summed E-state index contributed by atoms with van der Waals surface area (Å²) < 4.78 is 0. The summed E-state index contributed by atoms with van der Waals surface area (Å²) in [6.07, 6.45) is 0. The molecule has 15 heavy (non-hydrogen) atoms. The summed E-state index contributed by atoms with van der Waals surface area (Å²) in [5.74, 6) is -0.984. The largest absolute Gasteiger partial charge is 0.480 e. The van der Waals surface area contributed by atoms with Crippen LogP contribution < -0.4 is 11.1 Å². The third kappa shape index (κ3) is 3.69. The molecule has 0 radical (unpaired) electrons. The van der Waals surface area contributed by atoms with E-state index in [1.165, 1.54) is 0 Å². The van der Waals surface area contributed by atoms with Crippen LogP contribution >= 0.6 is 0 Å². The number of carboxylic acid groups (broad SMARTS) is 1. The van der Waals surface area contributed by atoms with E-state index in [1.54, 1.807) is 0 Å². The van der Waals surface area contributed by atoms with E-state index >= 15 is 0 Å². The van der Waals surface area contributed by atoms with Crippen LogP contribution in [0.15, 0.2) is 30.3 Å². The van der Waals surface area contributed by atoms with Crippen molar-refractivity contribution in [1.29, 1.82) is 0 Å². The maximum Gasteiger partial charge on any atom is 0.321 e. The highest BCUT2D eigenvalue weighted by Gasteiger charge is 2.12. The molecule has 4 nitrogen and oxygen atoms in total. The Labute approximate surface area is 89.1 Å². The zero-order valence-corrected chi connectivity index (χ0v) is 8.68. The van der Waals surface area contributed by atoms with Gasteiger partial charge in [-0.2, -0.15) is 0 Å². The molecule has 1 aromatic rings. The highest BCUT2D eigenvalue weighted by Crippen LogP contribution is 2.10. The fourth-order valence-electron chi connectivity index (χ4n) is 1.25. The Balaban J connectivity index is 2.43. The van der Waals surface area contributed by atoms with Crippen molar-refractivity contribution in [1.82, 2.24) is 5.32 Å². The van der Waals surface area contributed by atoms with Crippen LogP contribution in [0, 0.1) is 0 Å². The van der Waals surface area contributed by atoms with Gasteiger partial charge in [0.2, 0.25) is 0 Å². The van der Waals surface area contributed by atoms with Gasteiger partial charge in [0, 0.05) is 12.6 Å². The van der Waals surface area contributed by atoms with Crippen LogP contribution in [0.5, 0.6) is 0 Å². The summed E-state index contributed by atoms with van der Waals surface area (Å²) in [5, 5.41) is 11.7. The first kappa shape index (κ1) is 11.7. The lowest BCUT2D eigenvalue weighted by molar-refractivity contribution is -0.138. The molecule has 82 valence electrons. The second kappa shape index (κ2) is 5.48. The van der Waals surface area contributed by atoms with Crippen molar-refractivity contribution >= 4 is 5.97 Å². The number of benzene rings is 1. The molecule has 0 saturated carbocycles. The molecule has 0 spiro atoms. The van der Waals surface area contributed by atoms with Crippen molar-refractivity contribution in [3.63, 3.8) is 0 Å². The number of rotatable bonds is 5. The molecule has 0 aliphatic carbocycles. The molecule has 4 N–H and O–H groups in total. The fourth-order valence-corrected chi connectivity index (χ4v) is 1.25. The molecule has 4 heteroatoms. The van der Waals surface area contributed by atoms with Crippen LogP contribution in [0.3, 0.4) is 0 Å². The van der Waals surface area contributed by atoms with Gasteiger partial charge in [-0.25, -0.2) is 0 Å². The molecule has 1 aromatic carbocycles. The van der Waals surface area contributed by atoms with Gasteiger partial charge in [0.15, 0.2) is 0 Å². The second-order valence-electron chi connectivity index (χ2n) is 3.49. The van der Waals surface area contributed by atoms with Crippen LogP contribution in [0.25, 0.3) is 0 Å². The van der Waals surface area contributed by atoms with Gasteiger partial charge in [0.25, 0.3) is 0 Å². The van der Waals surface area contributed by atoms with Crippen LogP contribution in [-0.4, -0.2) is 23.7 Å². The molecule has 0 amide bonds. The number of hydrogen-bond acceptors (Lipinski definition) is 3. The minimum atomic E-state index is -0.984. The molecule has 0 heterocycles. The van der Waals surface area contributed by atoms with E-state index in [0.717, 1.165) is 5.56 Å². The lowest BCUT2D eigenvalue weighted by Crippen LogP contribution is -2.41. The normalized spacial score (nSPS) is 14.5. The summed E-state index contributed by atoms with van der Waals surface area (Å²) in [5.41, 5.74) is 6.50. The monoisotopic (exact) mass is 208 g/mol. The number of aliphatic carboxylic acids is 1. The standard InChI is InChI=1S/C11H16N2O2/c1-8(9-5-3-2-4-6-9)13-7-10(12)11(14)15/h2-6,8,10,13H,7,12H2,1H3,(H,14,15). The van der Waals surface area contributed by atoms with Gasteiger partial charge in [-0.15, -0.1) is 0 Å². The third-order valence-electron chi connectivity index (χ3n) is 2.26. The van der Waals surface area contributed by atoms with E-state index in [0.29, 0.717) is 0 Å². The molecule has 2 atom stereocenters.